The number of aromatic nitrogens is 3. The van der Waals surface area contributed by atoms with Gasteiger partial charge in [0.05, 0.1) is 38.6 Å². The SMILES string of the molecule is COCCCn1c(C(=O)N2CC[NH+](C)CC2)cc2c(=O)n3ccccc3nc21. The molecule has 0 spiro atoms. The molecule has 0 saturated carbocycles. The number of rotatable bonds is 5. The van der Waals surface area contributed by atoms with Crippen molar-refractivity contribution in [1.29, 1.82) is 0 Å². The van der Waals surface area contributed by atoms with E-state index in [1.807, 2.05) is 15.5 Å². The van der Waals surface area contributed by atoms with E-state index in [9.17, 15) is 9.59 Å². The molecule has 8 heteroatoms. The van der Waals surface area contributed by atoms with Gasteiger partial charge in [-0.15, -0.1) is 0 Å². The van der Waals surface area contributed by atoms with E-state index in [1.54, 1.807) is 31.5 Å². The van der Waals surface area contributed by atoms with Gasteiger partial charge in [0.2, 0.25) is 0 Å². The molecule has 1 fully saturated rings. The van der Waals surface area contributed by atoms with Gasteiger partial charge in [0.15, 0.2) is 0 Å². The molecular weight excluding hydrogens is 358 g/mol. The zero-order valence-corrected chi connectivity index (χ0v) is 16.4. The maximum absolute atomic E-state index is 13.3. The minimum absolute atomic E-state index is 0.0311. The fraction of sp³-hybridized carbons (Fsp3) is 0.450. The fourth-order valence-electron chi connectivity index (χ4n) is 3.78. The monoisotopic (exact) mass is 384 g/mol. The molecule has 1 aliphatic rings. The highest BCUT2D eigenvalue weighted by molar-refractivity contribution is 5.98. The number of hydrogen-bond donors (Lipinski definition) is 1. The third-order valence-electron chi connectivity index (χ3n) is 5.43. The second-order valence-corrected chi connectivity index (χ2v) is 7.36. The number of fused-ring (bicyclic) bond motifs is 2. The van der Waals surface area contributed by atoms with Crippen LogP contribution >= 0.6 is 0 Å². The number of methoxy groups -OCH3 is 1. The van der Waals surface area contributed by atoms with Crippen LogP contribution < -0.4 is 10.5 Å². The molecule has 0 aromatic carbocycles. The molecule has 8 nitrogen and oxygen atoms in total. The van der Waals surface area contributed by atoms with Gasteiger partial charge < -0.3 is 19.1 Å². The van der Waals surface area contributed by atoms with E-state index in [2.05, 4.69) is 12.0 Å². The van der Waals surface area contributed by atoms with E-state index < -0.39 is 0 Å². The standard InChI is InChI=1S/C20H25N5O3/c1-22-9-11-23(12-10-22)20(27)16-14-15-18(24(16)8-5-13-28-2)21-17-6-3-4-7-25(17)19(15)26/h3-4,6-7,14H,5,8-13H2,1-2H3/p+1. The minimum Gasteiger partial charge on any atom is -0.385 e. The maximum Gasteiger partial charge on any atom is 0.270 e. The van der Waals surface area contributed by atoms with Crippen LogP contribution in [0.15, 0.2) is 35.3 Å². The van der Waals surface area contributed by atoms with Crippen LogP contribution in [0.5, 0.6) is 0 Å². The summed E-state index contributed by atoms with van der Waals surface area (Å²) in [6.07, 6.45) is 2.44. The third-order valence-corrected chi connectivity index (χ3v) is 5.43. The van der Waals surface area contributed by atoms with Crippen molar-refractivity contribution in [3.05, 3.63) is 46.5 Å². The molecule has 1 amide bonds. The topological polar surface area (TPSA) is 73.3 Å². The Labute approximate surface area is 162 Å². The van der Waals surface area contributed by atoms with E-state index in [4.69, 9.17) is 4.74 Å². The summed E-state index contributed by atoms with van der Waals surface area (Å²) in [4.78, 5) is 34.2. The second-order valence-electron chi connectivity index (χ2n) is 7.36. The van der Waals surface area contributed by atoms with Gasteiger partial charge in [-0.05, 0) is 24.6 Å². The number of aryl methyl sites for hydroxylation is 1. The lowest BCUT2D eigenvalue weighted by molar-refractivity contribution is -0.883. The maximum atomic E-state index is 13.3. The average Bonchev–Trinajstić information content (AvgIpc) is 3.07. The highest BCUT2D eigenvalue weighted by atomic mass is 16.5. The van der Waals surface area contributed by atoms with Gasteiger partial charge in [0.1, 0.15) is 17.0 Å². The highest BCUT2D eigenvalue weighted by Crippen LogP contribution is 2.19. The first kappa shape index (κ1) is 18.6. The minimum atomic E-state index is -0.150. The average molecular weight is 384 g/mol. The number of hydrogen-bond acceptors (Lipinski definition) is 4. The van der Waals surface area contributed by atoms with E-state index >= 15 is 0 Å². The molecule has 3 aromatic heterocycles. The van der Waals surface area contributed by atoms with Crippen molar-refractivity contribution >= 4 is 22.6 Å². The number of pyridine rings is 1. The first-order chi connectivity index (χ1) is 13.6. The van der Waals surface area contributed by atoms with Gasteiger partial charge in [0, 0.05) is 26.5 Å². The summed E-state index contributed by atoms with van der Waals surface area (Å²) >= 11 is 0. The molecule has 1 saturated heterocycles. The Kier molecular flexibility index (Phi) is 5.15. The number of ether oxygens (including phenoxy) is 1. The molecule has 28 heavy (non-hydrogen) atoms. The van der Waals surface area contributed by atoms with E-state index in [0.717, 1.165) is 32.6 Å². The van der Waals surface area contributed by atoms with Gasteiger partial charge in [0.25, 0.3) is 11.5 Å². The molecule has 1 aliphatic heterocycles. The van der Waals surface area contributed by atoms with Crippen molar-refractivity contribution in [2.45, 2.75) is 13.0 Å². The van der Waals surface area contributed by atoms with E-state index in [1.165, 1.54) is 9.30 Å². The first-order valence-electron chi connectivity index (χ1n) is 9.70. The van der Waals surface area contributed by atoms with Crippen LogP contribution in [-0.4, -0.2) is 71.7 Å². The zero-order valence-electron chi connectivity index (χ0n) is 16.4. The number of likely N-dealkylation sites (N-methyl/N-ethyl adjacent to an activating group) is 1. The number of piperazine rings is 1. The lowest BCUT2D eigenvalue weighted by Crippen LogP contribution is -3.12. The lowest BCUT2D eigenvalue weighted by atomic mass is 10.2. The molecule has 0 unspecified atom stereocenters. The largest absolute Gasteiger partial charge is 0.385 e. The highest BCUT2D eigenvalue weighted by Gasteiger charge is 2.27. The predicted octanol–water partition coefficient (Wildman–Crippen LogP) is -0.344. The Bertz CT molecular complexity index is 1060. The van der Waals surface area contributed by atoms with Gasteiger partial charge >= 0.3 is 0 Å². The summed E-state index contributed by atoms with van der Waals surface area (Å²) in [5, 5.41) is 0.476. The third kappa shape index (κ3) is 3.29. The van der Waals surface area contributed by atoms with Crippen LogP contribution in [0.1, 0.15) is 16.9 Å². The predicted molar refractivity (Wildman–Crippen MR) is 106 cm³/mol. The molecule has 0 aliphatic carbocycles. The molecule has 0 bridgehead atoms. The molecule has 3 aromatic rings. The summed E-state index contributed by atoms with van der Waals surface area (Å²) in [5.41, 5.74) is 1.53. The molecule has 4 heterocycles. The van der Waals surface area contributed by atoms with Gasteiger partial charge in [-0.2, -0.15) is 0 Å². The molecule has 148 valence electrons. The molecule has 1 N–H and O–H groups in total. The summed E-state index contributed by atoms with van der Waals surface area (Å²) in [6, 6.07) is 7.17. The lowest BCUT2D eigenvalue weighted by Gasteiger charge is -2.30. The second kappa shape index (κ2) is 7.73. The summed E-state index contributed by atoms with van der Waals surface area (Å²) < 4.78 is 8.59. The Morgan fingerprint density at radius 1 is 1.29 bits per heavy atom. The summed E-state index contributed by atoms with van der Waals surface area (Å²) in [5.74, 6) is -0.0311. The number of quaternary nitrogens is 1. The molecule has 4 rings (SSSR count). The van der Waals surface area contributed by atoms with Crippen LogP contribution in [0, 0.1) is 0 Å². The number of nitrogens with one attached hydrogen (secondary N) is 1. The van der Waals surface area contributed by atoms with Crippen molar-refractivity contribution < 1.29 is 14.4 Å². The number of carbonyl (C=O) groups excluding carboxylic acids is 1. The normalized spacial score (nSPS) is 15.6. The smallest absolute Gasteiger partial charge is 0.270 e. The van der Waals surface area contributed by atoms with Crippen LogP contribution in [-0.2, 0) is 11.3 Å². The summed E-state index contributed by atoms with van der Waals surface area (Å²) in [7, 11) is 3.80. The van der Waals surface area contributed by atoms with E-state index in [-0.39, 0.29) is 11.5 Å². The van der Waals surface area contributed by atoms with Crippen LogP contribution in [0.2, 0.25) is 0 Å². The Morgan fingerprint density at radius 2 is 2.07 bits per heavy atom. The number of carbonyl (C=O) groups is 1. The Morgan fingerprint density at radius 3 is 2.82 bits per heavy atom. The van der Waals surface area contributed by atoms with Gasteiger partial charge in [-0.1, -0.05) is 6.07 Å². The molecule has 0 radical (unpaired) electrons. The van der Waals surface area contributed by atoms with Crippen LogP contribution in [0.3, 0.4) is 0 Å². The van der Waals surface area contributed by atoms with E-state index in [0.29, 0.717) is 35.5 Å². The zero-order chi connectivity index (χ0) is 19.7. The van der Waals surface area contributed by atoms with Crippen molar-refractivity contribution in [2.24, 2.45) is 0 Å². The van der Waals surface area contributed by atoms with Crippen molar-refractivity contribution in [2.75, 3.05) is 46.9 Å². The van der Waals surface area contributed by atoms with Crippen LogP contribution in [0.4, 0.5) is 0 Å². The first-order valence-corrected chi connectivity index (χ1v) is 9.70. The molecular formula is C20H26N5O3+. The van der Waals surface area contributed by atoms with Crippen molar-refractivity contribution in [3.8, 4) is 0 Å². The fourth-order valence-corrected chi connectivity index (χ4v) is 3.78. The molecule has 0 atom stereocenters. The quantitative estimate of drug-likeness (QED) is 0.611. The van der Waals surface area contributed by atoms with Crippen LogP contribution in [0.25, 0.3) is 16.7 Å². The van der Waals surface area contributed by atoms with Gasteiger partial charge in [-0.25, -0.2) is 4.98 Å². The van der Waals surface area contributed by atoms with Crippen molar-refractivity contribution in [1.82, 2.24) is 18.9 Å². The van der Waals surface area contributed by atoms with Crippen molar-refractivity contribution in [3.63, 3.8) is 0 Å². The Balaban J connectivity index is 1.82. The van der Waals surface area contributed by atoms with Gasteiger partial charge in [-0.3, -0.25) is 14.0 Å². The number of nitrogens with zero attached hydrogens (tertiary/aromatic N) is 4. The summed E-state index contributed by atoms with van der Waals surface area (Å²) in [6.45, 7) is 4.46. The Hall–Kier alpha value is -2.71. The number of amides is 1.